The Balaban J connectivity index is 1.35. The Morgan fingerprint density at radius 3 is 2.82 bits per heavy atom. The molecule has 1 saturated heterocycles. The summed E-state index contributed by atoms with van der Waals surface area (Å²) in [5.74, 6) is -0.324. The van der Waals surface area contributed by atoms with E-state index in [1.807, 2.05) is 37.4 Å². The maximum Gasteiger partial charge on any atom is 0.227 e. The molecule has 2 amide bonds. The second-order valence-electron chi connectivity index (χ2n) is 7.65. The quantitative estimate of drug-likeness (QED) is 0.717. The summed E-state index contributed by atoms with van der Waals surface area (Å²) in [5, 5.41) is 4.22. The molecule has 0 saturated carbocycles. The van der Waals surface area contributed by atoms with Crippen LogP contribution in [0.15, 0.2) is 48.7 Å². The number of H-pyrrole nitrogens is 1. The van der Waals surface area contributed by atoms with Gasteiger partial charge in [0.05, 0.1) is 5.92 Å². The van der Waals surface area contributed by atoms with Gasteiger partial charge in [0.25, 0.3) is 0 Å². The number of fused-ring (bicyclic) bond motifs is 1. The zero-order chi connectivity index (χ0) is 19.7. The number of nitrogens with zero attached hydrogens (tertiary/aromatic N) is 1. The number of aromatic nitrogens is 1. The fraction of sp³-hybridized carbons (Fsp3) is 0.304. The first-order valence-corrected chi connectivity index (χ1v) is 9.72. The van der Waals surface area contributed by atoms with Crippen LogP contribution in [0.2, 0.25) is 0 Å². The molecular weight excluding hydrogens is 350 g/mol. The van der Waals surface area contributed by atoms with Crippen molar-refractivity contribution in [2.45, 2.75) is 26.7 Å². The van der Waals surface area contributed by atoms with E-state index in [4.69, 9.17) is 0 Å². The van der Waals surface area contributed by atoms with Gasteiger partial charge in [-0.15, -0.1) is 0 Å². The lowest BCUT2D eigenvalue weighted by Gasteiger charge is -2.17. The number of hydrogen-bond donors (Lipinski definition) is 2. The summed E-state index contributed by atoms with van der Waals surface area (Å²) in [6.07, 6.45) is 3.04. The van der Waals surface area contributed by atoms with E-state index >= 15 is 0 Å². The second kappa shape index (κ2) is 7.50. The summed E-state index contributed by atoms with van der Waals surface area (Å²) < 4.78 is 0. The summed E-state index contributed by atoms with van der Waals surface area (Å²) in [4.78, 5) is 30.0. The molecule has 1 aromatic heterocycles. The van der Waals surface area contributed by atoms with Gasteiger partial charge < -0.3 is 15.2 Å². The number of amides is 2. The Morgan fingerprint density at radius 1 is 1.18 bits per heavy atom. The normalized spacial score (nSPS) is 16.7. The molecule has 1 aliphatic heterocycles. The molecule has 3 aromatic rings. The van der Waals surface area contributed by atoms with Crippen LogP contribution in [0, 0.1) is 19.8 Å². The van der Waals surface area contributed by atoms with Crippen molar-refractivity contribution in [2.24, 2.45) is 5.92 Å². The Kier molecular flexibility index (Phi) is 4.90. The minimum atomic E-state index is -0.293. The molecule has 2 aromatic carbocycles. The van der Waals surface area contributed by atoms with E-state index in [1.165, 1.54) is 16.5 Å². The number of carbonyl (C=O) groups is 2. The molecule has 2 N–H and O–H groups in total. The van der Waals surface area contributed by atoms with Crippen LogP contribution in [0.5, 0.6) is 0 Å². The molecule has 0 bridgehead atoms. The topological polar surface area (TPSA) is 65.2 Å². The summed E-state index contributed by atoms with van der Waals surface area (Å²) in [5.41, 5.74) is 5.50. The standard InChI is InChI=1S/C23H25N3O2/c1-15-4-3-5-19(10-15)26-14-18(12-22(26)27)23(28)24-9-8-17-13-25-21-7-6-16(2)11-20(17)21/h3-7,10-11,13,18,25H,8-9,12,14H2,1-2H3,(H,24,28). The monoisotopic (exact) mass is 375 g/mol. The highest BCUT2D eigenvalue weighted by molar-refractivity contribution is 6.00. The van der Waals surface area contributed by atoms with Gasteiger partial charge in [-0.25, -0.2) is 0 Å². The number of aromatic amines is 1. The highest BCUT2D eigenvalue weighted by atomic mass is 16.2. The Hall–Kier alpha value is -3.08. The second-order valence-corrected chi connectivity index (χ2v) is 7.65. The van der Waals surface area contributed by atoms with E-state index in [2.05, 4.69) is 35.4 Å². The Morgan fingerprint density at radius 2 is 2.00 bits per heavy atom. The molecule has 28 heavy (non-hydrogen) atoms. The van der Waals surface area contributed by atoms with E-state index in [0.717, 1.165) is 23.2 Å². The lowest BCUT2D eigenvalue weighted by atomic mass is 10.1. The molecule has 4 rings (SSSR count). The molecule has 1 aliphatic rings. The van der Waals surface area contributed by atoms with Gasteiger partial charge in [-0.3, -0.25) is 9.59 Å². The van der Waals surface area contributed by atoms with Gasteiger partial charge in [0.1, 0.15) is 0 Å². The van der Waals surface area contributed by atoms with E-state index in [9.17, 15) is 9.59 Å². The highest BCUT2D eigenvalue weighted by Gasteiger charge is 2.34. The van der Waals surface area contributed by atoms with Crippen molar-refractivity contribution in [2.75, 3.05) is 18.0 Å². The first-order chi connectivity index (χ1) is 13.5. The smallest absolute Gasteiger partial charge is 0.227 e. The van der Waals surface area contributed by atoms with Gasteiger partial charge in [0, 0.05) is 42.3 Å². The maximum atomic E-state index is 12.6. The number of benzene rings is 2. The van der Waals surface area contributed by atoms with Crippen LogP contribution in [-0.2, 0) is 16.0 Å². The van der Waals surface area contributed by atoms with Gasteiger partial charge in [-0.05, 0) is 55.7 Å². The molecule has 144 valence electrons. The van der Waals surface area contributed by atoms with Crippen molar-refractivity contribution in [1.82, 2.24) is 10.3 Å². The van der Waals surface area contributed by atoms with Crippen LogP contribution >= 0.6 is 0 Å². The average molecular weight is 375 g/mol. The third kappa shape index (κ3) is 3.65. The van der Waals surface area contributed by atoms with E-state index in [1.54, 1.807) is 4.90 Å². The number of hydrogen-bond acceptors (Lipinski definition) is 2. The molecule has 5 heteroatoms. The molecule has 0 spiro atoms. The molecule has 1 fully saturated rings. The summed E-state index contributed by atoms with van der Waals surface area (Å²) in [7, 11) is 0. The van der Waals surface area contributed by atoms with Gasteiger partial charge in [0.2, 0.25) is 11.8 Å². The van der Waals surface area contributed by atoms with Crippen molar-refractivity contribution in [3.63, 3.8) is 0 Å². The predicted octanol–water partition coefficient (Wildman–Crippen LogP) is 3.50. The zero-order valence-corrected chi connectivity index (χ0v) is 16.3. The number of nitrogens with one attached hydrogen (secondary N) is 2. The van der Waals surface area contributed by atoms with Crippen LogP contribution < -0.4 is 10.2 Å². The zero-order valence-electron chi connectivity index (χ0n) is 16.3. The third-order valence-electron chi connectivity index (χ3n) is 5.43. The fourth-order valence-electron chi connectivity index (χ4n) is 3.89. The molecule has 1 atom stereocenters. The van der Waals surface area contributed by atoms with Gasteiger partial charge in [-0.1, -0.05) is 23.8 Å². The SMILES string of the molecule is Cc1cccc(N2CC(C(=O)NCCc3c[nH]c4ccc(C)cc34)CC2=O)c1. The van der Waals surface area contributed by atoms with Crippen LogP contribution in [0.1, 0.15) is 23.1 Å². The summed E-state index contributed by atoms with van der Waals surface area (Å²) in [6.45, 7) is 5.09. The minimum absolute atomic E-state index is 0.0119. The van der Waals surface area contributed by atoms with E-state index in [-0.39, 0.29) is 24.2 Å². The Bertz CT molecular complexity index is 1040. The largest absolute Gasteiger partial charge is 0.361 e. The molecule has 5 nitrogen and oxygen atoms in total. The Labute approximate surface area is 164 Å². The summed E-state index contributed by atoms with van der Waals surface area (Å²) in [6, 6.07) is 14.2. The average Bonchev–Trinajstić information content (AvgIpc) is 3.25. The predicted molar refractivity (Wildman–Crippen MR) is 111 cm³/mol. The number of anilines is 1. The van der Waals surface area contributed by atoms with Crippen LogP contribution in [0.3, 0.4) is 0 Å². The maximum absolute atomic E-state index is 12.6. The van der Waals surface area contributed by atoms with Crippen molar-refractivity contribution >= 4 is 28.4 Å². The first-order valence-electron chi connectivity index (χ1n) is 9.72. The fourth-order valence-corrected chi connectivity index (χ4v) is 3.89. The molecule has 0 aliphatic carbocycles. The van der Waals surface area contributed by atoms with Gasteiger partial charge >= 0.3 is 0 Å². The molecule has 1 unspecified atom stereocenters. The molecule has 2 heterocycles. The van der Waals surface area contributed by atoms with E-state index < -0.39 is 0 Å². The minimum Gasteiger partial charge on any atom is -0.361 e. The number of aryl methyl sites for hydroxylation is 2. The van der Waals surface area contributed by atoms with Crippen molar-refractivity contribution < 1.29 is 9.59 Å². The van der Waals surface area contributed by atoms with Crippen LogP contribution in [0.25, 0.3) is 10.9 Å². The number of carbonyl (C=O) groups excluding carboxylic acids is 2. The van der Waals surface area contributed by atoms with Crippen molar-refractivity contribution in [1.29, 1.82) is 0 Å². The first kappa shape index (κ1) is 18.3. The lowest BCUT2D eigenvalue weighted by Crippen LogP contribution is -2.34. The number of rotatable bonds is 5. The lowest BCUT2D eigenvalue weighted by molar-refractivity contribution is -0.126. The van der Waals surface area contributed by atoms with Crippen LogP contribution in [-0.4, -0.2) is 29.9 Å². The van der Waals surface area contributed by atoms with Gasteiger partial charge in [0.15, 0.2) is 0 Å². The van der Waals surface area contributed by atoms with Crippen LogP contribution in [0.4, 0.5) is 5.69 Å². The van der Waals surface area contributed by atoms with E-state index in [0.29, 0.717) is 13.1 Å². The van der Waals surface area contributed by atoms with Crippen molar-refractivity contribution in [3.8, 4) is 0 Å². The molecule has 0 radical (unpaired) electrons. The molecular formula is C23H25N3O2. The van der Waals surface area contributed by atoms with Crippen molar-refractivity contribution in [3.05, 3.63) is 65.4 Å². The summed E-state index contributed by atoms with van der Waals surface area (Å²) >= 11 is 0. The highest BCUT2D eigenvalue weighted by Crippen LogP contribution is 2.26. The van der Waals surface area contributed by atoms with Gasteiger partial charge in [-0.2, -0.15) is 0 Å². The third-order valence-corrected chi connectivity index (χ3v) is 5.43.